The van der Waals surface area contributed by atoms with Gasteiger partial charge in [0.2, 0.25) is 0 Å². The van der Waals surface area contributed by atoms with Gasteiger partial charge in [0, 0.05) is 18.2 Å². The lowest BCUT2D eigenvalue weighted by atomic mass is 10.2. The van der Waals surface area contributed by atoms with E-state index in [2.05, 4.69) is 19.2 Å². The number of hydrogen-bond donors (Lipinski definition) is 1. The van der Waals surface area contributed by atoms with Gasteiger partial charge in [0.15, 0.2) is 0 Å². The fraction of sp³-hybridized carbons (Fsp3) is 0.375. The molecule has 21 heavy (non-hydrogen) atoms. The zero-order valence-electron chi connectivity index (χ0n) is 12.2. The van der Waals surface area contributed by atoms with Crippen molar-refractivity contribution in [2.24, 2.45) is 5.92 Å². The lowest BCUT2D eigenvalue weighted by Crippen LogP contribution is -2.19. The molecule has 0 amide bonds. The van der Waals surface area contributed by atoms with Crippen LogP contribution in [-0.4, -0.2) is 6.54 Å². The fourth-order valence-electron chi connectivity index (χ4n) is 1.86. The molecule has 0 saturated carbocycles. The predicted octanol–water partition coefficient (Wildman–Crippen LogP) is 4.91. The fourth-order valence-corrected chi connectivity index (χ4v) is 2.15. The Morgan fingerprint density at radius 3 is 2.71 bits per heavy atom. The van der Waals surface area contributed by atoms with E-state index in [1.807, 2.05) is 6.07 Å². The summed E-state index contributed by atoms with van der Waals surface area (Å²) in [6.45, 7) is 6.46. The Morgan fingerprint density at radius 1 is 1.19 bits per heavy atom. The maximum Gasteiger partial charge on any atom is 0.146 e. The molecule has 3 nitrogen and oxygen atoms in total. The third kappa shape index (κ3) is 4.95. The molecule has 0 radical (unpaired) electrons. The number of rotatable bonds is 7. The first-order valence-corrected chi connectivity index (χ1v) is 7.65. The standard InChI is InChI=1S/C16H19Cl2NO2/c1-11(2)8-19-9-12-5-6-20-16(12)10-21-13-3-4-14(17)15(18)7-13/h3-7,11,19H,8-10H2,1-2H3. The maximum absolute atomic E-state index is 5.96. The van der Waals surface area contributed by atoms with Crippen LogP contribution in [0.25, 0.3) is 0 Å². The molecule has 1 N–H and O–H groups in total. The average molecular weight is 328 g/mol. The number of nitrogens with one attached hydrogen (secondary N) is 1. The van der Waals surface area contributed by atoms with Crippen LogP contribution in [-0.2, 0) is 13.2 Å². The molecule has 5 heteroatoms. The summed E-state index contributed by atoms with van der Waals surface area (Å²) >= 11 is 11.8. The molecule has 0 atom stereocenters. The molecule has 1 aromatic carbocycles. The van der Waals surface area contributed by atoms with E-state index >= 15 is 0 Å². The Hall–Kier alpha value is -1.16. The number of ether oxygens (including phenoxy) is 1. The van der Waals surface area contributed by atoms with E-state index in [1.54, 1.807) is 24.5 Å². The Morgan fingerprint density at radius 2 is 2.00 bits per heavy atom. The minimum absolute atomic E-state index is 0.365. The number of halogens is 2. The molecule has 0 aliphatic rings. The van der Waals surface area contributed by atoms with Crippen molar-refractivity contribution in [3.05, 3.63) is 51.9 Å². The Bertz CT molecular complexity index is 581. The van der Waals surface area contributed by atoms with Crippen LogP contribution in [0.15, 0.2) is 34.9 Å². The van der Waals surface area contributed by atoms with Crippen LogP contribution in [0.2, 0.25) is 10.0 Å². The van der Waals surface area contributed by atoms with Crippen molar-refractivity contribution in [2.45, 2.75) is 27.0 Å². The monoisotopic (exact) mass is 327 g/mol. The highest BCUT2D eigenvalue weighted by Gasteiger charge is 2.08. The molecular weight excluding hydrogens is 309 g/mol. The van der Waals surface area contributed by atoms with Gasteiger partial charge in [-0.15, -0.1) is 0 Å². The van der Waals surface area contributed by atoms with E-state index in [1.165, 1.54) is 0 Å². The highest BCUT2D eigenvalue weighted by molar-refractivity contribution is 6.42. The van der Waals surface area contributed by atoms with Crippen molar-refractivity contribution in [1.29, 1.82) is 0 Å². The zero-order valence-corrected chi connectivity index (χ0v) is 13.7. The second-order valence-electron chi connectivity index (χ2n) is 5.26. The van der Waals surface area contributed by atoms with Crippen LogP contribution in [0.3, 0.4) is 0 Å². The molecule has 0 aliphatic carbocycles. The van der Waals surface area contributed by atoms with Crippen LogP contribution >= 0.6 is 23.2 Å². The van der Waals surface area contributed by atoms with Crippen molar-refractivity contribution in [3.63, 3.8) is 0 Å². The van der Waals surface area contributed by atoms with Crippen molar-refractivity contribution in [3.8, 4) is 5.75 Å². The first-order valence-electron chi connectivity index (χ1n) is 6.90. The number of benzene rings is 1. The smallest absolute Gasteiger partial charge is 0.146 e. The SMILES string of the molecule is CC(C)CNCc1ccoc1COc1ccc(Cl)c(Cl)c1. The molecule has 0 spiro atoms. The van der Waals surface area contributed by atoms with Gasteiger partial charge in [-0.1, -0.05) is 37.0 Å². The summed E-state index contributed by atoms with van der Waals surface area (Å²) in [6, 6.07) is 7.16. The van der Waals surface area contributed by atoms with Crippen LogP contribution in [0.4, 0.5) is 0 Å². The Labute approximate surface area is 135 Å². The third-order valence-electron chi connectivity index (χ3n) is 2.97. The van der Waals surface area contributed by atoms with Gasteiger partial charge in [0.25, 0.3) is 0 Å². The lowest BCUT2D eigenvalue weighted by molar-refractivity contribution is 0.268. The first kappa shape index (κ1) is 16.2. The Balaban J connectivity index is 1.91. The predicted molar refractivity (Wildman–Crippen MR) is 86.0 cm³/mol. The van der Waals surface area contributed by atoms with Crippen LogP contribution in [0, 0.1) is 5.92 Å². The van der Waals surface area contributed by atoms with E-state index in [0.717, 1.165) is 24.4 Å². The lowest BCUT2D eigenvalue weighted by Gasteiger charge is -2.09. The van der Waals surface area contributed by atoms with E-state index in [4.69, 9.17) is 32.4 Å². The highest BCUT2D eigenvalue weighted by Crippen LogP contribution is 2.27. The highest BCUT2D eigenvalue weighted by atomic mass is 35.5. The van der Waals surface area contributed by atoms with Crippen LogP contribution in [0.1, 0.15) is 25.2 Å². The van der Waals surface area contributed by atoms with Gasteiger partial charge in [-0.25, -0.2) is 0 Å². The number of hydrogen-bond acceptors (Lipinski definition) is 3. The maximum atomic E-state index is 5.96. The molecule has 0 fully saturated rings. The van der Waals surface area contributed by atoms with E-state index in [-0.39, 0.29) is 0 Å². The van der Waals surface area contributed by atoms with Gasteiger partial charge in [-0.3, -0.25) is 0 Å². The second-order valence-corrected chi connectivity index (χ2v) is 6.07. The van der Waals surface area contributed by atoms with E-state index < -0.39 is 0 Å². The quantitative estimate of drug-likeness (QED) is 0.784. The summed E-state index contributed by atoms with van der Waals surface area (Å²) in [5.41, 5.74) is 1.11. The molecular formula is C16H19Cl2NO2. The molecule has 0 aliphatic heterocycles. The van der Waals surface area contributed by atoms with Crippen molar-refractivity contribution in [2.75, 3.05) is 6.54 Å². The van der Waals surface area contributed by atoms with Gasteiger partial charge >= 0.3 is 0 Å². The third-order valence-corrected chi connectivity index (χ3v) is 3.71. The molecule has 114 valence electrons. The summed E-state index contributed by atoms with van der Waals surface area (Å²) in [5, 5.41) is 4.38. The first-order chi connectivity index (χ1) is 10.1. The summed E-state index contributed by atoms with van der Waals surface area (Å²) in [7, 11) is 0. The van der Waals surface area contributed by atoms with Crippen LogP contribution in [0.5, 0.6) is 5.75 Å². The van der Waals surface area contributed by atoms with Crippen LogP contribution < -0.4 is 10.1 Å². The molecule has 2 rings (SSSR count). The van der Waals surface area contributed by atoms with Crippen molar-refractivity contribution < 1.29 is 9.15 Å². The largest absolute Gasteiger partial charge is 0.486 e. The van der Waals surface area contributed by atoms with Gasteiger partial charge in [0.05, 0.1) is 16.3 Å². The minimum atomic E-state index is 0.365. The second kappa shape index (κ2) is 7.74. The van der Waals surface area contributed by atoms with Crippen molar-refractivity contribution in [1.82, 2.24) is 5.32 Å². The normalized spacial score (nSPS) is 11.1. The van der Waals surface area contributed by atoms with Gasteiger partial charge in [-0.05, 0) is 30.7 Å². The van der Waals surface area contributed by atoms with Gasteiger partial charge in [0.1, 0.15) is 18.1 Å². The van der Waals surface area contributed by atoms with E-state index in [0.29, 0.717) is 28.3 Å². The summed E-state index contributed by atoms with van der Waals surface area (Å²) < 4.78 is 11.2. The molecule has 0 unspecified atom stereocenters. The summed E-state index contributed by atoms with van der Waals surface area (Å²) in [4.78, 5) is 0. The van der Waals surface area contributed by atoms with Crippen molar-refractivity contribution >= 4 is 23.2 Å². The Kier molecular flexibility index (Phi) is 5.97. The minimum Gasteiger partial charge on any atom is -0.486 e. The zero-order chi connectivity index (χ0) is 15.2. The van der Waals surface area contributed by atoms with E-state index in [9.17, 15) is 0 Å². The molecule has 0 bridgehead atoms. The summed E-state index contributed by atoms with van der Waals surface area (Å²) in [5.74, 6) is 2.10. The molecule has 2 aromatic rings. The summed E-state index contributed by atoms with van der Waals surface area (Å²) in [6.07, 6.45) is 1.68. The molecule has 1 heterocycles. The van der Waals surface area contributed by atoms with Gasteiger partial charge in [-0.2, -0.15) is 0 Å². The number of furan rings is 1. The molecule has 1 aromatic heterocycles. The topological polar surface area (TPSA) is 34.4 Å². The average Bonchev–Trinajstić information content (AvgIpc) is 2.87. The molecule has 0 saturated heterocycles. The van der Waals surface area contributed by atoms with Gasteiger partial charge < -0.3 is 14.5 Å².